The molecule has 0 bridgehead atoms. The second-order valence-corrected chi connectivity index (χ2v) is 5.43. The SMILES string of the molecule is CC1CCCCC1Oc1ccc(C(=O)O)c(C(F)(F)F)c1. The lowest BCUT2D eigenvalue weighted by molar-refractivity contribution is -0.138. The number of hydrogen-bond donors (Lipinski definition) is 1. The predicted molar refractivity (Wildman–Crippen MR) is 70.5 cm³/mol. The van der Waals surface area contributed by atoms with Gasteiger partial charge in [-0.1, -0.05) is 13.3 Å². The van der Waals surface area contributed by atoms with E-state index in [1.807, 2.05) is 6.92 Å². The molecule has 0 saturated heterocycles. The van der Waals surface area contributed by atoms with Crippen LogP contribution in [-0.2, 0) is 6.18 Å². The molecule has 1 aromatic rings. The van der Waals surface area contributed by atoms with E-state index in [4.69, 9.17) is 9.84 Å². The molecule has 0 aliphatic heterocycles. The second kappa shape index (κ2) is 5.95. The summed E-state index contributed by atoms with van der Waals surface area (Å²) >= 11 is 0. The highest BCUT2D eigenvalue weighted by atomic mass is 19.4. The van der Waals surface area contributed by atoms with Gasteiger partial charge in [-0.15, -0.1) is 0 Å². The number of aromatic carboxylic acids is 1. The van der Waals surface area contributed by atoms with E-state index in [0.717, 1.165) is 37.8 Å². The number of rotatable bonds is 3. The van der Waals surface area contributed by atoms with Crippen molar-refractivity contribution in [1.82, 2.24) is 0 Å². The Kier molecular flexibility index (Phi) is 4.44. The van der Waals surface area contributed by atoms with E-state index in [1.54, 1.807) is 0 Å². The minimum atomic E-state index is -4.72. The molecule has 1 saturated carbocycles. The van der Waals surface area contributed by atoms with Crippen LogP contribution in [0.3, 0.4) is 0 Å². The van der Waals surface area contributed by atoms with Crippen LogP contribution >= 0.6 is 0 Å². The Bertz CT molecular complexity index is 525. The number of halogens is 3. The number of alkyl halides is 3. The number of hydrogen-bond acceptors (Lipinski definition) is 2. The molecule has 116 valence electrons. The minimum Gasteiger partial charge on any atom is -0.490 e. The standard InChI is InChI=1S/C15H17F3O3/c1-9-4-2-3-5-13(9)21-10-6-7-11(14(19)20)12(8-10)15(16,17)18/h6-9,13H,2-5H2,1H3,(H,19,20). The fourth-order valence-electron chi connectivity index (χ4n) is 2.65. The van der Waals surface area contributed by atoms with Gasteiger partial charge < -0.3 is 9.84 Å². The first kappa shape index (κ1) is 15.7. The van der Waals surface area contributed by atoms with Crippen molar-refractivity contribution in [2.75, 3.05) is 0 Å². The van der Waals surface area contributed by atoms with Gasteiger partial charge in [-0.3, -0.25) is 0 Å². The van der Waals surface area contributed by atoms with Crippen LogP contribution in [0.15, 0.2) is 18.2 Å². The van der Waals surface area contributed by atoms with Gasteiger partial charge in [0.2, 0.25) is 0 Å². The summed E-state index contributed by atoms with van der Waals surface area (Å²) in [7, 11) is 0. The van der Waals surface area contributed by atoms with E-state index >= 15 is 0 Å². The van der Waals surface area contributed by atoms with Crippen molar-refractivity contribution in [3.05, 3.63) is 29.3 Å². The molecule has 21 heavy (non-hydrogen) atoms. The summed E-state index contributed by atoms with van der Waals surface area (Å²) in [4.78, 5) is 10.9. The molecule has 0 heterocycles. The molecule has 6 heteroatoms. The number of ether oxygens (including phenoxy) is 1. The molecule has 0 radical (unpaired) electrons. The van der Waals surface area contributed by atoms with Gasteiger partial charge in [0, 0.05) is 0 Å². The number of benzene rings is 1. The van der Waals surface area contributed by atoms with Crippen molar-refractivity contribution >= 4 is 5.97 Å². The summed E-state index contributed by atoms with van der Waals surface area (Å²) in [5, 5.41) is 8.84. The number of carbonyl (C=O) groups is 1. The minimum absolute atomic E-state index is 0.0751. The topological polar surface area (TPSA) is 46.5 Å². The fourth-order valence-corrected chi connectivity index (χ4v) is 2.65. The van der Waals surface area contributed by atoms with E-state index in [9.17, 15) is 18.0 Å². The normalized spacial score (nSPS) is 22.9. The van der Waals surface area contributed by atoms with Crippen LogP contribution in [0.25, 0.3) is 0 Å². The predicted octanol–water partition coefficient (Wildman–Crippen LogP) is 4.36. The van der Waals surface area contributed by atoms with E-state index < -0.39 is 23.3 Å². The molecular weight excluding hydrogens is 285 g/mol. The summed E-state index contributed by atoms with van der Waals surface area (Å²) in [6, 6.07) is 3.03. The molecule has 1 aliphatic rings. The third-order valence-electron chi connectivity index (χ3n) is 3.85. The third-order valence-corrected chi connectivity index (χ3v) is 3.85. The van der Waals surface area contributed by atoms with Crippen molar-refractivity contribution < 1.29 is 27.8 Å². The van der Waals surface area contributed by atoms with E-state index in [-0.39, 0.29) is 17.8 Å². The van der Waals surface area contributed by atoms with Gasteiger partial charge in [-0.2, -0.15) is 13.2 Å². The lowest BCUT2D eigenvalue weighted by atomic mass is 9.88. The first-order chi connectivity index (χ1) is 9.79. The lowest BCUT2D eigenvalue weighted by Crippen LogP contribution is -2.28. The van der Waals surface area contributed by atoms with Crippen LogP contribution in [0, 0.1) is 5.92 Å². The van der Waals surface area contributed by atoms with Gasteiger partial charge in [0.1, 0.15) is 11.9 Å². The Morgan fingerprint density at radius 1 is 1.29 bits per heavy atom. The third kappa shape index (κ3) is 3.68. The average Bonchev–Trinajstić information content (AvgIpc) is 2.40. The molecule has 2 atom stereocenters. The largest absolute Gasteiger partial charge is 0.490 e. The maximum atomic E-state index is 12.9. The number of carboxylic acid groups (broad SMARTS) is 1. The highest BCUT2D eigenvalue weighted by Gasteiger charge is 2.36. The van der Waals surface area contributed by atoms with E-state index in [2.05, 4.69) is 0 Å². The van der Waals surface area contributed by atoms with Crippen molar-refractivity contribution in [2.24, 2.45) is 5.92 Å². The van der Waals surface area contributed by atoms with Crippen LogP contribution in [0.2, 0.25) is 0 Å². The Balaban J connectivity index is 2.27. The van der Waals surface area contributed by atoms with Gasteiger partial charge in [0.05, 0.1) is 11.1 Å². The lowest BCUT2D eigenvalue weighted by Gasteiger charge is -2.29. The smallest absolute Gasteiger partial charge is 0.417 e. The summed E-state index contributed by atoms with van der Waals surface area (Å²) in [6.45, 7) is 2.01. The van der Waals surface area contributed by atoms with Crippen LogP contribution in [0.4, 0.5) is 13.2 Å². The molecule has 0 spiro atoms. The highest BCUT2D eigenvalue weighted by molar-refractivity contribution is 5.89. The monoisotopic (exact) mass is 302 g/mol. The van der Waals surface area contributed by atoms with Crippen LogP contribution in [0.5, 0.6) is 5.75 Å². The van der Waals surface area contributed by atoms with Crippen molar-refractivity contribution in [3.63, 3.8) is 0 Å². The summed E-state index contributed by atoms with van der Waals surface area (Å²) in [5.74, 6) is -1.24. The van der Waals surface area contributed by atoms with Crippen molar-refractivity contribution in [3.8, 4) is 5.75 Å². The Labute approximate surface area is 120 Å². The van der Waals surface area contributed by atoms with Crippen LogP contribution < -0.4 is 4.74 Å². The van der Waals surface area contributed by atoms with Gasteiger partial charge in [0.15, 0.2) is 0 Å². The zero-order valence-corrected chi connectivity index (χ0v) is 11.6. The zero-order valence-electron chi connectivity index (χ0n) is 11.6. The van der Waals surface area contributed by atoms with Gasteiger partial charge in [-0.05, 0) is 43.4 Å². The van der Waals surface area contributed by atoms with Gasteiger partial charge >= 0.3 is 12.1 Å². The molecule has 1 aromatic carbocycles. The second-order valence-electron chi connectivity index (χ2n) is 5.43. The Hall–Kier alpha value is -1.72. The molecule has 3 nitrogen and oxygen atoms in total. The van der Waals surface area contributed by atoms with Crippen molar-refractivity contribution in [1.29, 1.82) is 0 Å². The first-order valence-electron chi connectivity index (χ1n) is 6.90. The summed E-state index contributed by atoms with van der Waals surface area (Å²) < 4.78 is 44.4. The Morgan fingerprint density at radius 3 is 2.52 bits per heavy atom. The summed E-state index contributed by atoms with van der Waals surface area (Å²) in [5.41, 5.74) is -1.93. The molecule has 2 unspecified atom stereocenters. The van der Waals surface area contributed by atoms with Crippen molar-refractivity contribution in [2.45, 2.75) is 44.9 Å². The quantitative estimate of drug-likeness (QED) is 0.902. The molecule has 2 rings (SSSR count). The Morgan fingerprint density at radius 2 is 1.95 bits per heavy atom. The van der Waals surface area contributed by atoms with Gasteiger partial charge in [0.25, 0.3) is 0 Å². The van der Waals surface area contributed by atoms with Gasteiger partial charge in [-0.25, -0.2) is 4.79 Å². The van der Waals surface area contributed by atoms with Crippen LogP contribution in [-0.4, -0.2) is 17.2 Å². The van der Waals surface area contributed by atoms with E-state index in [1.165, 1.54) is 6.07 Å². The summed E-state index contributed by atoms with van der Waals surface area (Å²) in [6.07, 6.45) is -0.935. The number of carboxylic acids is 1. The molecule has 0 aromatic heterocycles. The molecule has 1 N–H and O–H groups in total. The highest BCUT2D eigenvalue weighted by Crippen LogP contribution is 2.36. The molecule has 1 fully saturated rings. The zero-order chi connectivity index (χ0) is 15.6. The van der Waals surface area contributed by atoms with Crippen LogP contribution in [0.1, 0.15) is 48.5 Å². The fraction of sp³-hybridized carbons (Fsp3) is 0.533. The average molecular weight is 302 g/mol. The molecular formula is C15H17F3O3. The maximum absolute atomic E-state index is 12.9. The first-order valence-corrected chi connectivity index (χ1v) is 6.90. The maximum Gasteiger partial charge on any atom is 0.417 e. The van der Waals surface area contributed by atoms with E-state index in [0.29, 0.717) is 0 Å². The molecule has 0 amide bonds. The molecule has 1 aliphatic carbocycles.